The quantitative estimate of drug-likeness (QED) is 0.0533. The number of carbonyl (C=O) groups excluding carboxylic acids is 2. The standard InChI is InChI=1S/C54H58N12O8S4/c1-13-73-44(67)27-56-78(71,72)37-16-18-40-42(25-37)75-52(57-40)65(48-34(8)21-30(4)22-35(48)9)43-23-33(7)47(50(59-43)60-46-31(5)19-29(3)20-32(46)6)61-62-51-38(26-55)49(54(10,11)12)63-66(51)53-58-39-17-15-36(24-41(39)76-53)64-77(69,70)28-45(68)74-14-2/h15-25,56,64H,13-14,27-28H2,1-12H3,(H,59,60)/b62-61+. The van der Waals surface area contributed by atoms with Gasteiger partial charge >= 0.3 is 11.9 Å². The highest BCUT2D eigenvalue weighted by Crippen LogP contribution is 2.46. The first-order valence-corrected chi connectivity index (χ1v) is 29.4. The van der Waals surface area contributed by atoms with Gasteiger partial charge in [-0.05, 0) is 133 Å². The summed E-state index contributed by atoms with van der Waals surface area (Å²) in [6, 6.07) is 21.8. The number of carbonyl (C=O) groups is 2. The third kappa shape index (κ3) is 12.2. The summed E-state index contributed by atoms with van der Waals surface area (Å²) in [4.78, 5) is 41.2. The Hall–Kier alpha value is -7.69. The molecule has 20 nitrogen and oxygen atoms in total. The van der Waals surface area contributed by atoms with Gasteiger partial charge in [-0.15, -0.1) is 10.2 Å². The fraction of sp³-hybridized carbons (Fsp3) is 0.315. The number of sulfonamides is 2. The molecule has 0 unspecified atom stereocenters. The summed E-state index contributed by atoms with van der Waals surface area (Å²) in [5.74, 6) is -1.58. The molecule has 4 aromatic heterocycles. The SMILES string of the molecule is CCOC(=O)CNS(=O)(=O)c1ccc2nc(N(c3cc(C)c(/N=N/c4c(C#N)c(C(C)(C)C)nn4-c4nc5ccc(NS(=O)(=O)CC(=O)OCC)cc5s4)c(Nc4c(C)cc(C)cc4C)n3)c3c(C)cc(C)cc3C)sc2c1. The molecule has 406 valence electrons. The number of nitrogens with zero attached hydrogens (tertiary/aromatic N) is 9. The molecule has 8 aromatic rings. The third-order valence-electron chi connectivity index (χ3n) is 12.1. The van der Waals surface area contributed by atoms with Crippen LogP contribution in [-0.2, 0) is 44.5 Å². The van der Waals surface area contributed by atoms with Crippen LogP contribution in [0.2, 0.25) is 0 Å². The first-order chi connectivity index (χ1) is 36.8. The molecular weight excluding hydrogens is 1070 g/mol. The molecule has 78 heavy (non-hydrogen) atoms. The van der Waals surface area contributed by atoms with Gasteiger partial charge < -0.3 is 14.8 Å². The van der Waals surface area contributed by atoms with Crippen LogP contribution in [0, 0.1) is 59.8 Å². The lowest BCUT2D eigenvalue weighted by molar-refractivity contribution is -0.142. The fourth-order valence-electron chi connectivity index (χ4n) is 8.91. The summed E-state index contributed by atoms with van der Waals surface area (Å²) in [7, 11) is -8.20. The molecule has 0 radical (unpaired) electrons. The van der Waals surface area contributed by atoms with Crippen LogP contribution in [-0.4, -0.2) is 79.0 Å². The number of fused-ring (bicyclic) bond motifs is 2. The number of nitriles is 1. The van der Waals surface area contributed by atoms with E-state index in [1.165, 1.54) is 45.6 Å². The Bertz CT molecular complexity index is 3960. The molecule has 0 fully saturated rings. The van der Waals surface area contributed by atoms with Crippen molar-refractivity contribution in [3.05, 3.63) is 117 Å². The fourth-order valence-corrected chi connectivity index (χ4v) is 12.9. The van der Waals surface area contributed by atoms with Crippen molar-refractivity contribution in [1.82, 2.24) is 29.5 Å². The van der Waals surface area contributed by atoms with Crippen LogP contribution in [0.4, 0.5) is 45.3 Å². The summed E-state index contributed by atoms with van der Waals surface area (Å²) in [5, 5.41) is 29.9. The average Bonchev–Trinajstić information content (AvgIpc) is 4.07. The second-order valence-corrected chi connectivity index (χ2v) is 25.1. The number of pyridine rings is 1. The van der Waals surface area contributed by atoms with E-state index in [2.05, 4.69) is 45.1 Å². The molecule has 0 amide bonds. The number of aromatic nitrogens is 5. The van der Waals surface area contributed by atoms with Crippen molar-refractivity contribution in [3.8, 4) is 11.2 Å². The van der Waals surface area contributed by atoms with Gasteiger partial charge in [0.15, 0.2) is 22.5 Å². The van der Waals surface area contributed by atoms with Crippen LogP contribution in [0.15, 0.2) is 81.9 Å². The van der Waals surface area contributed by atoms with Crippen LogP contribution < -0.4 is 19.7 Å². The normalized spacial score (nSPS) is 12.1. The number of nitrogens with one attached hydrogen (secondary N) is 3. The molecule has 4 heterocycles. The van der Waals surface area contributed by atoms with E-state index >= 15 is 0 Å². The Morgan fingerprint density at radius 3 is 2.01 bits per heavy atom. The van der Waals surface area contributed by atoms with E-state index in [0.29, 0.717) is 59.3 Å². The highest BCUT2D eigenvalue weighted by atomic mass is 32.2. The van der Waals surface area contributed by atoms with Gasteiger partial charge in [0.1, 0.15) is 29.7 Å². The number of esters is 2. The molecular formula is C54H58N12O8S4. The lowest BCUT2D eigenvalue weighted by atomic mass is 9.90. The first-order valence-electron chi connectivity index (χ1n) is 24.6. The molecule has 0 saturated heterocycles. The third-order valence-corrected chi connectivity index (χ3v) is 16.7. The van der Waals surface area contributed by atoms with Crippen molar-refractivity contribution in [2.45, 2.75) is 93.4 Å². The molecule has 0 bridgehead atoms. The average molecular weight is 1130 g/mol. The monoisotopic (exact) mass is 1130 g/mol. The van der Waals surface area contributed by atoms with E-state index in [1.807, 2.05) is 80.2 Å². The summed E-state index contributed by atoms with van der Waals surface area (Å²) in [6.07, 6.45) is 0. The Labute approximate surface area is 460 Å². The number of hydrogen-bond acceptors (Lipinski definition) is 19. The Morgan fingerprint density at radius 2 is 1.37 bits per heavy atom. The predicted molar refractivity (Wildman–Crippen MR) is 305 cm³/mol. The smallest absolute Gasteiger partial charge is 0.323 e. The number of thiazole rings is 2. The Morgan fingerprint density at radius 1 is 0.756 bits per heavy atom. The van der Waals surface area contributed by atoms with Crippen molar-refractivity contribution < 1.29 is 35.9 Å². The van der Waals surface area contributed by atoms with Crippen LogP contribution in [0.5, 0.6) is 0 Å². The Kier molecular flexibility index (Phi) is 16.2. The first kappa shape index (κ1) is 56.5. The number of rotatable bonds is 18. The van der Waals surface area contributed by atoms with Gasteiger partial charge in [-0.25, -0.2) is 31.8 Å². The topological polar surface area (TPSA) is 265 Å². The van der Waals surface area contributed by atoms with Gasteiger partial charge in [0, 0.05) is 11.1 Å². The summed E-state index contributed by atoms with van der Waals surface area (Å²) < 4.78 is 69.7. The molecule has 4 aromatic carbocycles. The minimum atomic E-state index is -4.11. The van der Waals surface area contributed by atoms with E-state index in [1.54, 1.807) is 32.0 Å². The minimum Gasteiger partial charge on any atom is -0.465 e. The van der Waals surface area contributed by atoms with E-state index in [0.717, 1.165) is 44.8 Å². The maximum absolute atomic E-state index is 13.4. The summed E-state index contributed by atoms with van der Waals surface area (Å²) >= 11 is 2.45. The number of benzene rings is 4. The summed E-state index contributed by atoms with van der Waals surface area (Å²) in [5.41, 5.74) is 9.62. The zero-order valence-corrected chi connectivity index (χ0v) is 48.4. The summed E-state index contributed by atoms with van der Waals surface area (Å²) in [6.45, 7) is 22.6. The molecule has 0 aliphatic carbocycles. The molecule has 0 saturated carbocycles. The van der Waals surface area contributed by atoms with Gasteiger partial charge in [0.25, 0.3) is 0 Å². The van der Waals surface area contributed by atoms with Crippen LogP contribution in [0.25, 0.3) is 25.6 Å². The van der Waals surface area contributed by atoms with Gasteiger partial charge in [0.05, 0.1) is 55.6 Å². The number of ether oxygens (including phenoxy) is 2. The van der Waals surface area contributed by atoms with E-state index < -0.39 is 49.7 Å². The van der Waals surface area contributed by atoms with E-state index in [-0.39, 0.29) is 35.2 Å². The number of hydrogen-bond donors (Lipinski definition) is 3. The molecule has 0 atom stereocenters. The molecule has 3 N–H and O–H groups in total. The molecule has 0 spiro atoms. The molecule has 8 rings (SSSR count). The van der Waals surface area contributed by atoms with Crippen LogP contribution in [0.3, 0.4) is 0 Å². The highest BCUT2D eigenvalue weighted by molar-refractivity contribution is 7.93. The lowest BCUT2D eigenvalue weighted by Crippen LogP contribution is -2.30. The van der Waals surface area contributed by atoms with Crippen LogP contribution >= 0.6 is 22.7 Å². The minimum absolute atomic E-state index is 0.0410. The van der Waals surface area contributed by atoms with Gasteiger partial charge in [-0.2, -0.15) is 19.8 Å². The zero-order chi connectivity index (χ0) is 56.6. The van der Waals surface area contributed by atoms with E-state index in [4.69, 9.17) is 39.8 Å². The van der Waals surface area contributed by atoms with E-state index in [9.17, 15) is 31.7 Å². The molecule has 0 aliphatic heterocycles. The van der Waals surface area contributed by atoms with Crippen molar-refractivity contribution in [1.29, 1.82) is 5.26 Å². The van der Waals surface area contributed by atoms with Crippen molar-refractivity contribution in [2.75, 3.05) is 40.5 Å². The van der Waals surface area contributed by atoms with Crippen molar-refractivity contribution in [2.24, 2.45) is 10.2 Å². The molecule has 24 heteroatoms. The largest absolute Gasteiger partial charge is 0.465 e. The zero-order valence-electron chi connectivity index (χ0n) is 45.1. The van der Waals surface area contributed by atoms with Gasteiger partial charge in [0.2, 0.25) is 25.2 Å². The highest BCUT2D eigenvalue weighted by Gasteiger charge is 2.31. The van der Waals surface area contributed by atoms with Crippen molar-refractivity contribution in [3.63, 3.8) is 0 Å². The van der Waals surface area contributed by atoms with Crippen LogP contribution in [0.1, 0.15) is 84.8 Å². The number of azo groups is 1. The Balaban J connectivity index is 1.29. The van der Waals surface area contributed by atoms with Crippen molar-refractivity contribution >= 4 is 120 Å². The lowest BCUT2D eigenvalue weighted by Gasteiger charge is -2.27. The van der Waals surface area contributed by atoms with Gasteiger partial charge in [-0.3, -0.25) is 19.2 Å². The second-order valence-electron chi connectivity index (χ2n) is 19.6. The number of anilines is 6. The number of aryl methyl sites for hydroxylation is 7. The van der Waals surface area contributed by atoms with Gasteiger partial charge in [-0.1, -0.05) is 78.8 Å². The second kappa shape index (κ2) is 22.3. The predicted octanol–water partition coefficient (Wildman–Crippen LogP) is 11.6. The maximum Gasteiger partial charge on any atom is 0.323 e. The molecule has 0 aliphatic rings. The maximum atomic E-state index is 13.4.